The molecule has 1 heterocycles. The lowest BCUT2D eigenvalue weighted by Crippen LogP contribution is -2.15. The second-order valence-corrected chi connectivity index (χ2v) is 6.61. The first kappa shape index (κ1) is 19.3. The molecule has 1 unspecified atom stereocenters. The molecular formula is C16H23ClF2N2S. The smallest absolute Gasteiger partial charge is 0.154 e. The average Bonchev–Trinajstić information content (AvgIpc) is 2.85. The third kappa shape index (κ3) is 5.78. The first-order chi connectivity index (χ1) is 10.4. The summed E-state index contributed by atoms with van der Waals surface area (Å²) in [4.78, 5) is 0. The Kier molecular flexibility index (Phi) is 8.21. The number of rotatable bonds is 4. The predicted octanol–water partition coefficient (Wildman–Crippen LogP) is 5.95. The van der Waals surface area contributed by atoms with Gasteiger partial charge in [0, 0.05) is 35.8 Å². The third-order valence-corrected chi connectivity index (χ3v) is 3.99. The monoisotopic (exact) mass is 348 g/mol. The summed E-state index contributed by atoms with van der Waals surface area (Å²) >= 11 is 7.15. The van der Waals surface area contributed by atoms with E-state index in [2.05, 4.69) is 25.1 Å². The van der Waals surface area contributed by atoms with Gasteiger partial charge in [0.15, 0.2) is 5.82 Å². The highest BCUT2D eigenvalue weighted by Crippen LogP contribution is 2.31. The van der Waals surface area contributed by atoms with E-state index in [0.29, 0.717) is 35.7 Å². The van der Waals surface area contributed by atoms with Gasteiger partial charge >= 0.3 is 0 Å². The SMILES string of the molecule is C=C(C)c1cc(Cl)cc(NSN2CCC(F)C2)c1F.CCC. The third-order valence-electron chi connectivity index (χ3n) is 2.88. The van der Waals surface area contributed by atoms with Crippen LogP contribution in [0.5, 0.6) is 0 Å². The van der Waals surface area contributed by atoms with E-state index in [1.165, 1.54) is 24.6 Å². The van der Waals surface area contributed by atoms with E-state index in [0.717, 1.165) is 0 Å². The number of allylic oxidation sites excluding steroid dienone is 1. The molecule has 6 heteroatoms. The van der Waals surface area contributed by atoms with Crippen molar-refractivity contribution in [2.24, 2.45) is 0 Å². The van der Waals surface area contributed by atoms with Crippen LogP contribution in [0.15, 0.2) is 18.7 Å². The predicted molar refractivity (Wildman–Crippen MR) is 94.4 cm³/mol. The Morgan fingerprint density at radius 2 is 2.14 bits per heavy atom. The quantitative estimate of drug-likeness (QED) is 0.677. The van der Waals surface area contributed by atoms with Gasteiger partial charge in [-0.2, -0.15) is 0 Å². The molecule has 1 aliphatic heterocycles. The van der Waals surface area contributed by atoms with Crippen molar-refractivity contribution in [2.75, 3.05) is 17.8 Å². The molecule has 22 heavy (non-hydrogen) atoms. The van der Waals surface area contributed by atoms with Gasteiger partial charge in [-0.15, -0.1) is 0 Å². The summed E-state index contributed by atoms with van der Waals surface area (Å²) in [6, 6.07) is 3.06. The van der Waals surface area contributed by atoms with Crippen LogP contribution in [0, 0.1) is 5.82 Å². The van der Waals surface area contributed by atoms with Crippen molar-refractivity contribution in [3.8, 4) is 0 Å². The van der Waals surface area contributed by atoms with Gasteiger partial charge in [-0.25, -0.2) is 13.1 Å². The highest BCUT2D eigenvalue weighted by molar-refractivity contribution is 7.98. The van der Waals surface area contributed by atoms with E-state index < -0.39 is 6.17 Å². The Bertz CT molecular complexity index is 511. The van der Waals surface area contributed by atoms with Crippen LogP contribution in [0.1, 0.15) is 39.2 Å². The maximum Gasteiger partial charge on any atom is 0.154 e. The fourth-order valence-corrected chi connectivity index (χ4v) is 2.89. The maximum atomic E-state index is 14.2. The lowest BCUT2D eigenvalue weighted by atomic mass is 10.1. The van der Waals surface area contributed by atoms with Crippen LogP contribution in [0.3, 0.4) is 0 Å². The van der Waals surface area contributed by atoms with Crippen LogP contribution in [0.4, 0.5) is 14.5 Å². The van der Waals surface area contributed by atoms with E-state index in [1.54, 1.807) is 13.0 Å². The summed E-state index contributed by atoms with van der Waals surface area (Å²) in [5, 5.41) is 0.437. The molecule has 1 fully saturated rings. The Hall–Kier alpha value is -0.780. The molecule has 1 aromatic carbocycles. The minimum Gasteiger partial charge on any atom is -0.314 e. The summed E-state index contributed by atoms with van der Waals surface area (Å²) in [7, 11) is 0. The molecule has 1 aromatic rings. The van der Waals surface area contributed by atoms with Gasteiger partial charge in [-0.3, -0.25) is 0 Å². The number of nitrogens with one attached hydrogen (secondary N) is 1. The zero-order valence-electron chi connectivity index (χ0n) is 13.3. The number of anilines is 1. The van der Waals surface area contributed by atoms with Crippen LogP contribution in [-0.2, 0) is 0 Å². The topological polar surface area (TPSA) is 15.3 Å². The van der Waals surface area contributed by atoms with Crippen molar-refractivity contribution in [1.82, 2.24) is 4.31 Å². The molecule has 2 nitrogen and oxygen atoms in total. The molecule has 0 aromatic heterocycles. The second kappa shape index (κ2) is 9.38. The van der Waals surface area contributed by atoms with Crippen LogP contribution in [0.2, 0.25) is 5.02 Å². The maximum absolute atomic E-state index is 14.2. The summed E-state index contributed by atoms with van der Waals surface area (Å²) < 4.78 is 31.9. The van der Waals surface area contributed by atoms with Crippen molar-refractivity contribution in [3.63, 3.8) is 0 Å². The summed E-state index contributed by atoms with van der Waals surface area (Å²) in [6.07, 6.45) is 0.966. The summed E-state index contributed by atoms with van der Waals surface area (Å²) in [6.45, 7) is 10.7. The Morgan fingerprint density at radius 1 is 1.50 bits per heavy atom. The number of alkyl halides is 1. The minimum atomic E-state index is -0.801. The first-order valence-electron chi connectivity index (χ1n) is 7.35. The highest BCUT2D eigenvalue weighted by atomic mass is 35.5. The fraction of sp³-hybridized carbons (Fsp3) is 0.500. The van der Waals surface area contributed by atoms with Gasteiger partial charge in [0.25, 0.3) is 0 Å². The molecule has 0 bridgehead atoms. The van der Waals surface area contributed by atoms with Gasteiger partial charge < -0.3 is 4.72 Å². The lowest BCUT2D eigenvalue weighted by Gasteiger charge is -2.16. The van der Waals surface area contributed by atoms with Gasteiger partial charge in [-0.1, -0.05) is 38.4 Å². The lowest BCUT2D eigenvalue weighted by molar-refractivity contribution is 0.349. The van der Waals surface area contributed by atoms with Crippen LogP contribution >= 0.6 is 23.7 Å². The Labute approximate surface area is 141 Å². The molecule has 0 aliphatic carbocycles. The van der Waals surface area contributed by atoms with Gasteiger partial charge in [0.1, 0.15) is 6.17 Å². The Morgan fingerprint density at radius 3 is 2.64 bits per heavy atom. The number of nitrogens with zero attached hydrogens (tertiary/aromatic N) is 1. The van der Waals surface area contributed by atoms with E-state index >= 15 is 0 Å². The van der Waals surface area contributed by atoms with Crippen LogP contribution in [-0.4, -0.2) is 23.6 Å². The first-order valence-corrected chi connectivity index (χ1v) is 8.51. The van der Waals surface area contributed by atoms with Crippen LogP contribution in [0.25, 0.3) is 5.57 Å². The fourth-order valence-electron chi connectivity index (χ4n) is 1.86. The number of hydrogen-bond acceptors (Lipinski definition) is 3. The van der Waals surface area contributed by atoms with Crippen molar-refractivity contribution in [1.29, 1.82) is 0 Å². The minimum absolute atomic E-state index is 0.290. The van der Waals surface area contributed by atoms with Crippen molar-refractivity contribution in [2.45, 2.75) is 39.8 Å². The molecule has 0 amide bonds. The average molecular weight is 349 g/mol. The zero-order valence-corrected chi connectivity index (χ0v) is 14.8. The van der Waals surface area contributed by atoms with E-state index in [-0.39, 0.29) is 11.5 Å². The van der Waals surface area contributed by atoms with E-state index in [1.807, 2.05) is 4.31 Å². The molecule has 2 rings (SSSR count). The van der Waals surface area contributed by atoms with E-state index in [4.69, 9.17) is 11.6 Å². The van der Waals surface area contributed by atoms with Crippen molar-refractivity contribution < 1.29 is 8.78 Å². The molecule has 124 valence electrons. The summed E-state index contributed by atoms with van der Waals surface area (Å²) in [5.74, 6) is -0.389. The molecule has 1 N–H and O–H groups in total. The van der Waals surface area contributed by atoms with Crippen molar-refractivity contribution in [3.05, 3.63) is 35.1 Å². The van der Waals surface area contributed by atoms with Gasteiger partial charge in [0.05, 0.1) is 5.69 Å². The van der Waals surface area contributed by atoms with E-state index in [9.17, 15) is 8.78 Å². The molecular weight excluding hydrogens is 326 g/mol. The van der Waals surface area contributed by atoms with Crippen LogP contribution < -0.4 is 4.72 Å². The largest absolute Gasteiger partial charge is 0.314 e. The Balaban J connectivity index is 0.000000745. The van der Waals surface area contributed by atoms with Crippen molar-refractivity contribution >= 4 is 35.0 Å². The molecule has 0 spiro atoms. The standard InChI is InChI=1S/C13H15ClF2N2S.C3H8/c1-8(2)11-5-9(14)6-12(13(11)16)17-19-18-4-3-10(15)7-18;1-3-2/h5-6,10,17H,1,3-4,7H2,2H3;3H2,1-2H3. The second-order valence-electron chi connectivity index (χ2n) is 5.27. The molecule has 0 radical (unpaired) electrons. The number of benzene rings is 1. The number of hydrogen-bond donors (Lipinski definition) is 1. The molecule has 1 aliphatic rings. The normalized spacial score (nSPS) is 17.8. The van der Waals surface area contributed by atoms with Gasteiger partial charge in [0.2, 0.25) is 0 Å². The molecule has 1 atom stereocenters. The summed E-state index contributed by atoms with van der Waals surface area (Å²) in [5.41, 5.74) is 1.29. The molecule has 0 saturated carbocycles. The zero-order chi connectivity index (χ0) is 16.7. The number of halogens is 3. The van der Waals surface area contributed by atoms with Gasteiger partial charge in [-0.05, 0) is 31.1 Å². The highest BCUT2D eigenvalue weighted by Gasteiger charge is 2.22. The molecule has 1 saturated heterocycles.